The summed E-state index contributed by atoms with van der Waals surface area (Å²) in [6.07, 6.45) is 5.29. The number of ether oxygens (including phenoxy) is 1. The van der Waals surface area contributed by atoms with E-state index in [0.717, 1.165) is 36.8 Å². The summed E-state index contributed by atoms with van der Waals surface area (Å²) < 4.78 is 6.06. The van der Waals surface area contributed by atoms with E-state index in [1.807, 2.05) is 7.05 Å². The van der Waals surface area contributed by atoms with Crippen molar-refractivity contribution in [2.75, 3.05) is 27.2 Å². The van der Waals surface area contributed by atoms with Crippen LogP contribution in [0.3, 0.4) is 0 Å². The predicted octanol–water partition coefficient (Wildman–Crippen LogP) is 2.93. The van der Waals surface area contributed by atoms with Crippen molar-refractivity contribution in [1.29, 1.82) is 0 Å². The van der Waals surface area contributed by atoms with Crippen LogP contribution in [-0.4, -0.2) is 50.2 Å². The summed E-state index contributed by atoms with van der Waals surface area (Å²) in [5, 5.41) is 6.88. The lowest BCUT2D eigenvalue weighted by atomic mass is 10.1. The number of benzene rings is 1. The van der Waals surface area contributed by atoms with Gasteiger partial charge in [0.2, 0.25) is 0 Å². The van der Waals surface area contributed by atoms with Crippen LogP contribution in [0.25, 0.3) is 0 Å². The standard InChI is InChI=1S/C21H34N4O/c1-15-5-8-18(20(11-15)26-14-17-6-7-17)13-24-21(22-3)23-12-16(2)25(4)19-9-10-19/h5,8,11,16-17,19H,6-7,9-10,12-14H2,1-4H3,(H2,22,23,24). The highest BCUT2D eigenvalue weighted by Gasteiger charge is 2.29. The van der Waals surface area contributed by atoms with E-state index in [9.17, 15) is 0 Å². The van der Waals surface area contributed by atoms with Crippen LogP contribution in [0, 0.1) is 12.8 Å². The Labute approximate surface area is 158 Å². The van der Waals surface area contributed by atoms with Crippen molar-refractivity contribution in [2.45, 2.75) is 58.2 Å². The van der Waals surface area contributed by atoms with Crippen molar-refractivity contribution < 1.29 is 4.74 Å². The van der Waals surface area contributed by atoms with Crippen LogP contribution < -0.4 is 15.4 Å². The van der Waals surface area contributed by atoms with Crippen LogP contribution in [0.4, 0.5) is 0 Å². The van der Waals surface area contributed by atoms with Crippen molar-refractivity contribution in [2.24, 2.45) is 10.9 Å². The number of nitrogens with zero attached hydrogens (tertiary/aromatic N) is 2. The average molecular weight is 359 g/mol. The van der Waals surface area contributed by atoms with E-state index in [-0.39, 0.29) is 0 Å². The Morgan fingerprint density at radius 2 is 2.04 bits per heavy atom. The second-order valence-corrected chi connectivity index (χ2v) is 7.92. The van der Waals surface area contributed by atoms with Crippen molar-refractivity contribution >= 4 is 5.96 Å². The fraction of sp³-hybridized carbons (Fsp3) is 0.667. The number of rotatable bonds is 9. The maximum Gasteiger partial charge on any atom is 0.191 e. The van der Waals surface area contributed by atoms with Gasteiger partial charge in [0.15, 0.2) is 5.96 Å². The van der Waals surface area contributed by atoms with E-state index >= 15 is 0 Å². The zero-order chi connectivity index (χ0) is 18.5. The van der Waals surface area contributed by atoms with E-state index in [0.29, 0.717) is 12.6 Å². The average Bonchev–Trinajstić information content (AvgIpc) is 3.54. The molecule has 0 heterocycles. The molecule has 0 radical (unpaired) electrons. The Morgan fingerprint density at radius 3 is 2.69 bits per heavy atom. The number of aryl methyl sites for hydroxylation is 1. The number of guanidine groups is 1. The molecule has 2 fully saturated rings. The SMILES string of the molecule is CN=C(NCc1ccc(C)cc1OCC1CC1)NCC(C)N(C)C1CC1. The van der Waals surface area contributed by atoms with Crippen LogP contribution in [0.2, 0.25) is 0 Å². The molecule has 5 nitrogen and oxygen atoms in total. The van der Waals surface area contributed by atoms with Gasteiger partial charge in [-0.25, -0.2) is 0 Å². The normalized spacial score (nSPS) is 18.7. The summed E-state index contributed by atoms with van der Waals surface area (Å²) in [7, 11) is 4.04. The van der Waals surface area contributed by atoms with Gasteiger partial charge in [-0.05, 0) is 64.1 Å². The minimum Gasteiger partial charge on any atom is -0.493 e. The van der Waals surface area contributed by atoms with Gasteiger partial charge in [-0.3, -0.25) is 9.89 Å². The van der Waals surface area contributed by atoms with E-state index < -0.39 is 0 Å². The van der Waals surface area contributed by atoms with Gasteiger partial charge >= 0.3 is 0 Å². The molecule has 1 aromatic carbocycles. The molecule has 0 saturated heterocycles. The van der Waals surface area contributed by atoms with Crippen LogP contribution >= 0.6 is 0 Å². The molecule has 26 heavy (non-hydrogen) atoms. The molecule has 1 atom stereocenters. The molecule has 1 unspecified atom stereocenters. The molecule has 2 aliphatic rings. The number of likely N-dealkylation sites (N-methyl/N-ethyl adjacent to an activating group) is 1. The van der Waals surface area contributed by atoms with Gasteiger partial charge in [0.1, 0.15) is 5.75 Å². The molecular weight excluding hydrogens is 324 g/mol. The molecule has 2 N–H and O–H groups in total. The maximum atomic E-state index is 6.06. The number of nitrogens with one attached hydrogen (secondary N) is 2. The van der Waals surface area contributed by atoms with Gasteiger partial charge in [-0.15, -0.1) is 0 Å². The Hall–Kier alpha value is -1.75. The van der Waals surface area contributed by atoms with Crippen LogP contribution in [-0.2, 0) is 6.54 Å². The van der Waals surface area contributed by atoms with Gasteiger partial charge in [0.05, 0.1) is 6.61 Å². The highest BCUT2D eigenvalue weighted by molar-refractivity contribution is 5.79. The van der Waals surface area contributed by atoms with Gasteiger partial charge in [0.25, 0.3) is 0 Å². The van der Waals surface area contributed by atoms with E-state index in [1.54, 1.807) is 0 Å². The molecule has 144 valence electrons. The van der Waals surface area contributed by atoms with Crippen molar-refractivity contribution in [3.8, 4) is 5.75 Å². The molecule has 0 aromatic heterocycles. The molecule has 2 aliphatic carbocycles. The summed E-state index contributed by atoms with van der Waals surface area (Å²) in [6, 6.07) is 7.71. The summed E-state index contributed by atoms with van der Waals surface area (Å²) in [6.45, 7) is 6.83. The van der Waals surface area contributed by atoms with Crippen LogP contribution in [0.1, 0.15) is 43.7 Å². The Kier molecular flexibility index (Phi) is 6.41. The van der Waals surface area contributed by atoms with Crippen LogP contribution in [0.15, 0.2) is 23.2 Å². The molecule has 2 saturated carbocycles. The van der Waals surface area contributed by atoms with Crippen molar-refractivity contribution in [1.82, 2.24) is 15.5 Å². The molecule has 3 rings (SSSR count). The summed E-state index contributed by atoms with van der Waals surface area (Å²) in [4.78, 5) is 6.82. The first kappa shape index (κ1) is 19.0. The summed E-state index contributed by atoms with van der Waals surface area (Å²) >= 11 is 0. The number of hydrogen-bond donors (Lipinski definition) is 2. The molecule has 0 bridgehead atoms. The molecular formula is C21H34N4O. The van der Waals surface area contributed by atoms with E-state index in [2.05, 4.69) is 59.6 Å². The van der Waals surface area contributed by atoms with Gasteiger partial charge in [-0.2, -0.15) is 0 Å². The monoisotopic (exact) mass is 358 g/mol. The topological polar surface area (TPSA) is 48.9 Å². The zero-order valence-electron chi connectivity index (χ0n) is 16.7. The summed E-state index contributed by atoms with van der Waals surface area (Å²) in [5.74, 6) is 2.60. The quantitative estimate of drug-likeness (QED) is 0.526. The Balaban J connectivity index is 1.49. The largest absolute Gasteiger partial charge is 0.493 e. The highest BCUT2D eigenvalue weighted by Crippen LogP contribution is 2.30. The summed E-state index contributed by atoms with van der Waals surface area (Å²) in [5.41, 5.74) is 2.42. The first-order chi connectivity index (χ1) is 12.6. The molecule has 0 spiro atoms. The third kappa shape index (κ3) is 5.63. The second-order valence-electron chi connectivity index (χ2n) is 7.92. The van der Waals surface area contributed by atoms with Crippen LogP contribution in [0.5, 0.6) is 5.75 Å². The molecule has 0 aliphatic heterocycles. The minimum absolute atomic E-state index is 0.498. The van der Waals surface area contributed by atoms with Gasteiger partial charge in [0, 0.05) is 37.8 Å². The maximum absolute atomic E-state index is 6.06. The molecule has 1 aromatic rings. The highest BCUT2D eigenvalue weighted by atomic mass is 16.5. The van der Waals surface area contributed by atoms with Crippen molar-refractivity contribution in [3.63, 3.8) is 0 Å². The van der Waals surface area contributed by atoms with E-state index in [4.69, 9.17) is 4.74 Å². The lowest BCUT2D eigenvalue weighted by molar-refractivity contribution is 0.247. The molecule has 5 heteroatoms. The fourth-order valence-corrected chi connectivity index (χ4v) is 3.06. The number of aliphatic imine (C=N–C) groups is 1. The predicted molar refractivity (Wildman–Crippen MR) is 108 cm³/mol. The van der Waals surface area contributed by atoms with E-state index in [1.165, 1.54) is 36.8 Å². The van der Waals surface area contributed by atoms with Gasteiger partial charge < -0.3 is 15.4 Å². The third-order valence-electron chi connectivity index (χ3n) is 5.45. The second kappa shape index (κ2) is 8.76. The van der Waals surface area contributed by atoms with Gasteiger partial charge in [-0.1, -0.05) is 12.1 Å². The first-order valence-corrected chi connectivity index (χ1v) is 9.95. The lowest BCUT2D eigenvalue weighted by Gasteiger charge is -2.25. The minimum atomic E-state index is 0.498. The smallest absolute Gasteiger partial charge is 0.191 e. The molecule has 0 amide bonds. The fourth-order valence-electron chi connectivity index (χ4n) is 3.06. The van der Waals surface area contributed by atoms with Crippen molar-refractivity contribution in [3.05, 3.63) is 29.3 Å². The Morgan fingerprint density at radius 1 is 1.27 bits per heavy atom. The Bertz CT molecular complexity index is 622. The lowest BCUT2D eigenvalue weighted by Crippen LogP contribution is -2.45. The zero-order valence-corrected chi connectivity index (χ0v) is 16.7. The third-order valence-corrected chi connectivity index (χ3v) is 5.45. The first-order valence-electron chi connectivity index (χ1n) is 9.95. The number of hydrogen-bond acceptors (Lipinski definition) is 3.